The second-order valence-corrected chi connectivity index (χ2v) is 5.59. The van der Waals surface area contributed by atoms with Crippen molar-refractivity contribution in [2.75, 3.05) is 18.5 Å². The second kappa shape index (κ2) is 6.78. The van der Waals surface area contributed by atoms with E-state index in [9.17, 15) is 4.39 Å². The molecule has 1 saturated carbocycles. The summed E-state index contributed by atoms with van der Waals surface area (Å²) in [5, 5.41) is 3.42. The van der Waals surface area contributed by atoms with E-state index in [-0.39, 0.29) is 5.82 Å². The van der Waals surface area contributed by atoms with Crippen LogP contribution >= 0.6 is 0 Å². The van der Waals surface area contributed by atoms with Crippen molar-refractivity contribution in [1.82, 2.24) is 0 Å². The Labute approximate surface area is 115 Å². The van der Waals surface area contributed by atoms with Crippen LogP contribution in [0.5, 0.6) is 5.75 Å². The number of rotatable bonds is 5. The van der Waals surface area contributed by atoms with Crippen molar-refractivity contribution >= 4 is 5.69 Å². The monoisotopic (exact) mass is 265 g/mol. The van der Waals surface area contributed by atoms with Crippen LogP contribution in [-0.2, 0) is 0 Å². The minimum atomic E-state index is -0.250. The molecule has 3 heteroatoms. The molecule has 1 aliphatic carbocycles. The molecule has 0 heterocycles. The standard InChI is InChI=1S/C16H24FNO/c1-3-19-16-10-14(17)7-8-15(16)18-11-13-6-4-5-12(2)9-13/h7-8,10,12-13,18H,3-6,9,11H2,1-2H3. The molecule has 1 aliphatic rings. The van der Waals surface area contributed by atoms with Gasteiger partial charge in [-0.3, -0.25) is 0 Å². The zero-order valence-electron chi connectivity index (χ0n) is 11.9. The van der Waals surface area contributed by atoms with Crippen LogP contribution in [-0.4, -0.2) is 13.2 Å². The van der Waals surface area contributed by atoms with E-state index in [1.165, 1.54) is 37.8 Å². The molecule has 1 aromatic rings. The summed E-state index contributed by atoms with van der Waals surface area (Å²) in [4.78, 5) is 0. The Morgan fingerprint density at radius 2 is 2.21 bits per heavy atom. The highest BCUT2D eigenvalue weighted by Crippen LogP contribution is 2.30. The summed E-state index contributed by atoms with van der Waals surface area (Å²) in [6.07, 6.45) is 5.27. The van der Waals surface area contributed by atoms with Crippen LogP contribution in [0.3, 0.4) is 0 Å². The van der Waals surface area contributed by atoms with Crippen molar-refractivity contribution < 1.29 is 9.13 Å². The Bertz CT molecular complexity index is 408. The second-order valence-electron chi connectivity index (χ2n) is 5.59. The van der Waals surface area contributed by atoms with Gasteiger partial charge >= 0.3 is 0 Å². The summed E-state index contributed by atoms with van der Waals surface area (Å²) in [7, 11) is 0. The molecule has 2 nitrogen and oxygen atoms in total. The van der Waals surface area contributed by atoms with Gasteiger partial charge in [0.05, 0.1) is 12.3 Å². The van der Waals surface area contributed by atoms with Gasteiger partial charge in [-0.2, -0.15) is 0 Å². The Balaban J connectivity index is 1.94. The molecule has 2 unspecified atom stereocenters. The lowest BCUT2D eigenvalue weighted by molar-refractivity contribution is 0.293. The summed E-state index contributed by atoms with van der Waals surface area (Å²) in [6.45, 7) is 5.75. The molecule has 0 bridgehead atoms. The molecular weight excluding hydrogens is 241 g/mol. The van der Waals surface area contributed by atoms with E-state index in [0.717, 1.165) is 24.1 Å². The van der Waals surface area contributed by atoms with Gasteiger partial charge in [-0.1, -0.05) is 19.8 Å². The smallest absolute Gasteiger partial charge is 0.145 e. The first-order valence-corrected chi connectivity index (χ1v) is 7.35. The molecule has 0 aromatic heterocycles. The molecule has 19 heavy (non-hydrogen) atoms. The molecular formula is C16H24FNO. The molecule has 0 spiro atoms. The van der Waals surface area contributed by atoms with E-state index in [0.29, 0.717) is 12.4 Å². The number of nitrogens with one attached hydrogen (secondary N) is 1. The fourth-order valence-corrected chi connectivity index (χ4v) is 2.92. The predicted molar refractivity (Wildman–Crippen MR) is 77.2 cm³/mol. The number of benzene rings is 1. The average Bonchev–Trinajstić information content (AvgIpc) is 2.38. The third kappa shape index (κ3) is 4.12. The Kier molecular flexibility index (Phi) is 5.06. The van der Waals surface area contributed by atoms with Gasteiger partial charge in [-0.15, -0.1) is 0 Å². The molecule has 106 valence electrons. The van der Waals surface area contributed by atoms with E-state index >= 15 is 0 Å². The maximum atomic E-state index is 13.2. The van der Waals surface area contributed by atoms with Crippen molar-refractivity contribution in [3.8, 4) is 5.75 Å². The number of halogens is 1. The van der Waals surface area contributed by atoms with Crippen LogP contribution in [0.15, 0.2) is 18.2 Å². The van der Waals surface area contributed by atoms with Crippen LogP contribution in [0.2, 0.25) is 0 Å². The SMILES string of the molecule is CCOc1cc(F)ccc1NCC1CCCC(C)C1. The van der Waals surface area contributed by atoms with Crippen LogP contribution in [0, 0.1) is 17.7 Å². The normalized spacial score (nSPS) is 23.1. The highest BCUT2D eigenvalue weighted by Gasteiger charge is 2.19. The third-order valence-electron chi connectivity index (χ3n) is 3.87. The highest BCUT2D eigenvalue weighted by molar-refractivity contribution is 5.56. The first-order valence-electron chi connectivity index (χ1n) is 7.35. The van der Waals surface area contributed by atoms with E-state index in [1.54, 1.807) is 6.07 Å². The zero-order chi connectivity index (χ0) is 13.7. The largest absolute Gasteiger partial charge is 0.492 e. The average molecular weight is 265 g/mol. The summed E-state index contributed by atoms with van der Waals surface area (Å²) >= 11 is 0. The summed E-state index contributed by atoms with van der Waals surface area (Å²) < 4.78 is 18.7. The van der Waals surface area contributed by atoms with E-state index in [2.05, 4.69) is 12.2 Å². The van der Waals surface area contributed by atoms with Gasteiger partial charge < -0.3 is 10.1 Å². The zero-order valence-corrected chi connectivity index (χ0v) is 11.9. The van der Waals surface area contributed by atoms with Crippen LogP contribution < -0.4 is 10.1 Å². The fraction of sp³-hybridized carbons (Fsp3) is 0.625. The van der Waals surface area contributed by atoms with Crippen LogP contribution in [0.1, 0.15) is 39.5 Å². The molecule has 1 fully saturated rings. The van der Waals surface area contributed by atoms with E-state index in [1.807, 2.05) is 6.92 Å². The number of hydrogen-bond donors (Lipinski definition) is 1. The van der Waals surface area contributed by atoms with Crippen molar-refractivity contribution in [2.45, 2.75) is 39.5 Å². The summed E-state index contributed by atoms with van der Waals surface area (Å²) in [5.41, 5.74) is 0.904. The van der Waals surface area contributed by atoms with Gasteiger partial charge in [0, 0.05) is 12.6 Å². The first-order chi connectivity index (χ1) is 9.19. The number of anilines is 1. The molecule has 1 N–H and O–H groups in total. The molecule has 0 aliphatic heterocycles. The Hall–Kier alpha value is -1.25. The lowest BCUT2D eigenvalue weighted by Gasteiger charge is -2.27. The van der Waals surface area contributed by atoms with Gasteiger partial charge in [0.15, 0.2) is 0 Å². The molecule has 2 rings (SSSR count). The molecule has 1 aromatic carbocycles. The highest BCUT2D eigenvalue weighted by atomic mass is 19.1. The van der Waals surface area contributed by atoms with Crippen molar-refractivity contribution in [3.05, 3.63) is 24.0 Å². The minimum absolute atomic E-state index is 0.250. The molecule has 0 amide bonds. The van der Waals surface area contributed by atoms with Gasteiger partial charge in [-0.25, -0.2) is 4.39 Å². The third-order valence-corrected chi connectivity index (χ3v) is 3.87. The maximum Gasteiger partial charge on any atom is 0.145 e. The summed E-state index contributed by atoms with van der Waals surface area (Å²) in [6, 6.07) is 4.70. The van der Waals surface area contributed by atoms with Crippen LogP contribution in [0.4, 0.5) is 10.1 Å². The van der Waals surface area contributed by atoms with E-state index in [4.69, 9.17) is 4.74 Å². The van der Waals surface area contributed by atoms with Crippen molar-refractivity contribution in [1.29, 1.82) is 0 Å². The fourth-order valence-electron chi connectivity index (χ4n) is 2.92. The topological polar surface area (TPSA) is 21.3 Å². The number of hydrogen-bond acceptors (Lipinski definition) is 2. The van der Waals surface area contributed by atoms with Crippen LogP contribution in [0.25, 0.3) is 0 Å². The van der Waals surface area contributed by atoms with Crippen molar-refractivity contribution in [3.63, 3.8) is 0 Å². The first kappa shape index (κ1) is 14.2. The molecule has 0 radical (unpaired) electrons. The van der Waals surface area contributed by atoms with Gasteiger partial charge in [-0.05, 0) is 43.7 Å². The molecule has 2 atom stereocenters. The van der Waals surface area contributed by atoms with Gasteiger partial charge in [0.1, 0.15) is 11.6 Å². The molecule has 0 saturated heterocycles. The lowest BCUT2D eigenvalue weighted by atomic mass is 9.82. The van der Waals surface area contributed by atoms with E-state index < -0.39 is 0 Å². The summed E-state index contributed by atoms with van der Waals surface area (Å²) in [5.74, 6) is 1.93. The lowest BCUT2D eigenvalue weighted by Crippen LogP contribution is -2.21. The van der Waals surface area contributed by atoms with Gasteiger partial charge in [0.25, 0.3) is 0 Å². The Morgan fingerprint density at radius 3 is 2.95 bits per heavy atom. The minimum Gasteiger partial charge on any atom is -0.492 e. The Morgan fingerprint density at radius 1 is 1.37 bits per heavy atom. The van der Waals surface area contributed by atoms with Crippen molar-refractivity contribution in [2.24, 2.45) is 11.8 Å². The predicted octanol–water partition coefficient (Wildman–Crippen LogP) is 4.46. The maximum absolute atomic E-state index is 13.2. The van der Waals surface area contributed by atoms with Gasteiger partial charge in [0.2, 0.25) is 0 Å². The quantitative estimate of drug-likeness (QED) is 0.848. The number of ether oxygens (including phenoxy) is 1.